The van der Waals surface area contributed by atoms with Gasteiger partial charge in [0.1, 0.15) is 18.3 Å². The third-order valence-electron chi connectivity index (χ3n) is 6.82. The molecule has 8 nitrogen and oxygen atoms in total. The summed E-state index contributed by atoms with van der Waals surface area (Å²) in [6.07, 6.45) is 6.24. The summed E-state index contributed by atoms with van der Waals surface area (Å²) < 4.78 is 32.1. The topological polar surface area (TPSA) is 96.0 Å². The number of methoxy groups -OCH3 is 1. The molecule has 1 aliphatic carbocycles. The van der Waals surface area contributed by atoms with Crippen molar-refractivity contribution < 1.29 is 22.7 Å². The zero-order valence-electron chi connectivity index (χ0n) is 22.3. The Balaban J connectivity index is 2.01. The van der Waals surface area contributed by atoms with Crippen LogP contribution < -0.4 is 14.4 Å². The Bertz CT molecular complexity index is 1270. The molecule has 0 heterocycles. The first-order chi connectivity index (χ1) is 18.5. The van der Waals surface area contributed by atoms with Gasteiger partial charge in [0.2, 0.25) is 21.8 Å². The zero-order valence-corrected chi connectivity index (χ0v) is 25.3. The number of hydrogen-bond donors (Lipinski definition) is 1. The molecule has 0 radical (unpaired) electrons. The number of anilines is 1. The highest BCUT2D eigenvalue weighted by atomic mass is 35.5. The Morgan fingerprint density at radius 1 is 1.08 bits per heavy atom. The molecule has 0 aliphatic heterocycles. The third-order valence-corrected chi connectivity index (χ3v) is 8.89. The van der Waals surface area contributed by atoms with E-state index in [2.05, 4.69) is 5.32 Å². The molecule has 1 atom stereocenters. The molecule has 1 aliphatic rings. The van der Waals surface area contributed by atoms with Crippen molar-refractivity contribution in [2.75, 3.05) is 24.2 Å². The highest BCUT2D eigenvalue weighted by molar-refractivity contribution is 7.92. The molecule has 214 valence electrons. The fourth-order valence-corrected chi connectivity index (χ4v) is 6.30. The van der Waals surface area contributed by atoms with Gasteiger partial charge < -0.3 is 15.0 Å². The van der Waals surface area contributed by atoms with E-state index < -0.39 is 28.5 Å². The van der Waals surface area contributed by atoms with Gasteiger partial charge in [0.15, 0.2) is 0 Å². The van der Waals surface area contributed by atoms with E-state index in [1.54, 1.807) is 31.2 Å². The van der Waals surface area contributed by atoms with Gasteiger partial charge in [-0.1, -0.05) is 67.1 Å². The van der Waals surface area contributed by atoms with Gasteiger partial charge in [-0.15, -0.1) is 0 Å². The van der Waals surface area contributed by atoms with Crippen LogP contribution in [0.15, 0.2) is 36.4 Å². The van der Waals surface area contributed by atoms with Crippen LogP contribution in [0.3, 0.4) is 0 Å². The first-order valence-electron chi connectivity index (χ1n) is 12.8. The van der Waals surface area contributed by atoms with Crippen molar-refractivity contribution in [1.29, 1.82) is 0 Å². The highest BCUT2D eigenvalue weighted by Gasteiger charge is 2.34. The Morgan fingerprint density at radius 2 is 1.72 bits per heavy atom. The van der Waals surface area contributed by atoms with Crippen LogP contribution in [0, 0.1) is 0 Å². The van der Waals surface area contributed by atoms with Crippen LogP contribution in [0.1, 0.15) is 51.0 Å². The minimum Gasteiger partial charge on any atom is -0.495 e. The number of carbonyl (C=O) groups excluding carboxylic acids is 2. The van der Waals surface area contributed by atoms with Crippen molar-refractivity contribution in [2.24, 2.45) is 0 Å². The maximum absolute atomic E-state index is 14.0. The molecule has 2 aromatic carbocycles. The molecule has 39 heavy (non-hydrogen) atoms. The van der Waals surface area contributed by atoms with Crippen LogP contribution >= 0.6 is 34.8 Å². The molecule has 2 aromatic rings. The molecule has 3 rings (SSSR count). The molecular formula is C27H34Cl3N3O5S. The lowest BCUT2D eigenvalue weighted by Crippen LogP contribution is -2.54. The second-order valence-electron chi connectivity index (χ2n) is 9.58. The van der Waals surface area contributed by atoms with Crippen LogP contribution in [-0.4, -0.2) is 57.1 Å². The fourth-order valence-electron chi connectivity index (χ4n) is 4.77. The molecule has 0 spiro atoms. The van der Waals surface area contributed by atoms with E-state index in [1.807, 2.05) is 0 Å². The number of ether oxygens (including phenoxy) is 1. The summed E-state index contributed by atoms with van der Waals surface area (Å²) in [4.78, 5) is 28.8. The van der Waals surface area contributed by atoms with Crippen molar-refractivity contribution >= 4 is 62.3 Å². The molecule has 0 bridgehead atoms. The molecule has 1 unspecified atom stereocenters. The fraction of sp³-hybridized carbons (Fsp3) is 0.481. The second-order valence-corrected chi connectivity index (χ2v) is 12.7. The van der Waals surface area contributed by atoms with E-state index in [4.69, 9.17) is 39.5 Å². The minimum absolute atomic E-state index is 0.0318. The Morgan fingerprint density at radius 3 is 2.28 bits per heavy atom. The first kappa shape index (κ1) is 31.3. The number of carbonyl (C=O) groups is 2. The summed E-state index contributed by atoms with van der Waals surface area (Å²) in [6.45, 7) is 1.12. The standard InChI is InChI=1S/C27H34Cl3N3O5S/c1-4-23(27(35)31-19-9-6-5-7-10-19)32(16-20-21(29)11-8-12-22(20)30)26(34)17-33(39(3,36)37)24-15-18(28)13-14-25(24)38-2/h8,11-15,19,23H,4-7,9-10,16-17H2,1-3H3,(H,31,35). The van der Waals surface area contributed by atoms with Crippen LogP contribution in [0.5, 0.6) is 5.75 Å². The average Bonchev–Trinajstić information content (AvgIpc) is 2.88. The van der Waals surface area contributed by atoms with Gasteiger partial charge in [0.25, 0.3) is 0 Å². The predicted molar refractivity (Wildman–Crippen MR) is 156 cm³/mol. The van der Waals surface area contributed by atoms with Gasteiger partial charge in [-0.2, -0.15) is 0 Å². The highest BCUT2D eigenvalue weighted by Crippen LogP contribution is 2.33. The number of hydrogen-bond acceptors (Lipinski definition) is 5. The quantitative estimate of drug-likeness (QED) is 0.350. The summed E-state index contributed by atoms with van der Waals surface area (Å²) in [6, 6.07) is 8.62. The monoisotopic (exact) mass is 617 g/mol. The van der Waals surface area contributed by atoms with Crippen molar-refractivity contribution in [3.05, 3.63) is 57.0 Å². The molecule has 2 amide bonds. The van der Waals surface area contributed by atoms with E-state index in [0.29, 0.717) is 22.0 Å². The Labute approximate surface area is 245 Å². The lowest BCUT2D eigenvalue weighted by Gasteiger charge is -2.34. The normalized spacial score (nSPS) is 14.9. The van der Waals surface area contributed by atoms with E-state index in [0.717, 1.165) is 42.7 Å². The average molecular weight is 619 g/mol. The molecule has 12 heteroatoms. The van der Waals surface area contributed by atoms with Crippen LogP contribution in [0.25, 0.3) is 0 Å². The Hall–Kier alpha value is -2.20. The molecule has 1 saturated carbocycles. The first-order valence-corrected chi connectivity index (χ1v) is 15.8. The smallest absolute Gasteiger partial charge is 0.244 e. The predicted octanol–water partition coefficient (Wildman–Crippen LogP) is 5.68. The number of sulfonamides is 1. The van der Waals surface area contributed by atoms with Crippen LogP contribution in [-0.2, 0) is 26.2 Å². The molecule has 0 aromatic heterocycles. The molecular weight excluding hydrogens is 585 g/mol. The lowest BCUT2D eigenvalue weighted by molar-refractivity contribution is -0.140. The molecule has 1 N–H and O–H groups in total. The van der Waals surface area contributed by atoms with E-state index in [9.17, 15) is 18.0 Å². The van der Waals surface area contributed by atoms with E-state index in [1.165, 1.54) is 24.1 Å². The number of nitrogens with zero attached hydrogens (tertiary/aromatic N) is 2. The van der Waals surface area contributed by atoms with Gasteiger partial charge in [0.05, 0.1) is 19.1 Å². The van der Waals surface area contributed by atoms with Gasteiger partial charge in [-0.05, 0) is 49.6 Å². The summed E-state index contributed by atoms with van der Waals surface area (Å²) in [5.74, 6) is -0.684. The number of benzene rings is 2. The van der Waals surface area contributed by atoms with Gasteiger partial charge in [-0.25, -0.2) is 8.42 Å². The van der Waals surface area contributed by atoms with Crippen LogP contribution in [0.4, 0.5) is 5.69 Å². The van der Waals surface area contributed by atoms with E-state index >= 15 is 0 Å². The minimum atomic E-state index is -3.97. The maximum Gasteiger partial charge on any atom is 0.244 e. The Kier molecular flexibility index (Phi) is 11.2. The summed E-state index contributed by atoms with van der Waals surface area (Å²) in [7, 11) is -2.57. The number of amides is 2. The van der Waals surface area contributed by atoms with E-state index in [-0.39, 0.29) is 35.0 Å². The molecule has 1 fully saturated rings. The van der Waals surface area contributed by atoms with Gasteiger partial charge in [0, 0.05) is 33.2 Å². The van der Waals surface area contributed by atoms with Crippen LogP contribution in [0.2, 0.25) is 15.1 Å². The van der Waals surface area contributed by atoms with Crippen molar-refractivity contribution in [2.45, 2.75) is 64.1 Å². The van der Waals surface area contributed by atoms with Gasteiger partial charge in [-0.3, -0.25) is 13.9 Å². The lowest BCUT2D eigenvalue weighted by atomic mass is 9.95. The number of rotatable bonds is 11. The number of nitrogens with one attached hydrogen (secondary N) is 1. The molecule has 0 saturated heterocycles. The summed E-state index contributed by atoms with van der Waals surface area (Å²) in [5.41, 5.74) is 0.570. The van der Waals surface area contributed by atoms with Crippen molar-refractivity contribution in [1.82, 2.24) is 10.2 Å². The largest absolute Gasteiger partial charge is 0.495 e. The SMILES string of the molecule is CCC(C(=O)NC1CCCCC1)N(Cc1c(Cl)cccc1Cl)C(=O)CN(c1cc(Cl)ccc1OC)S(C)(=O)=O. The number of halogens is 3. The summed E-state index contributed by atoms with van der Waals surface area (Å²) in [5, 5.41) is 4.03. The zero-order chi connectivity index (χ0) is 28.7. The third kappa shape index (κ3) is 8.16. The second kappa shape index (κ2) is 13.9. The van der Waals surface area contributed by atoms with Gasteiger partial charge >= 0.3 is 0 Å². The van der Waals surface area contributed by atoms with Crippen molar-refractivity contribution in [3.63, 3.8) is 0 Å². The summed E-state index contributed by atoms with van der Waals surface area (Å²) >= 11 is 19.0. The van der Waals surface area contributed by atoms with Crippen molar-refractivity contribution in [3.8, 4) is 5.75 Å². The maximum atomic E-state index is 14.0.